The quantitative estimate of drug-likeness (QED) is 0.482. The van der Waals surface area contributed by atoms with E-state index in [-0.39, 0.29) is 28.7 Å². The smallest absolute Gasteiger partial charge is 0.270 e. The van der Waals surface area contributed by atoms with Crippen molar-refractivity contribution in [2.45, 2.75) is 57.0 Å². The lowest BCUT2D eigenvalue weighted by Gasteiger charge is -2.44. The maximum absolute atomic E-state index is 13.6. The van der Waals surface area contributed by atoms with Gasteiger partial charge in [0.2, 0.25) is 0 Å². The number of aryl methyl sites for hydroxylation is 1. The van der Waals surface area contributed by atoms with Crippen LogP contribution in [0.2, 0.25) is 0 Å². The van der Waals surface area contributed by atoms with Crippen molar-refractivity contribution in [3.8, 4) is 12.1 Å². The molecule has 0 N–H and O–H groups in total. The molecule has 2 aliphatic rings. The standard InChI is InChI=1S/C29H31FN6O/c1-34(28-25(17-32)29(37)35(2)26-15-8-21(16-31)33-27(26)28)22-11-13-24(14-12-22)36(18-19-4-3-5-19)23-9-6-20(30)7-10-23/h6-10,15,19,22,24H,3-5,11-14,18H2,1-2H3/t22-,24+. The Bertz CT molecular complexity index is 1440. The maximum Gasteiger partial charge on any atom is 0.270 e. The number of benzene rings is 1. The second-order valence-electron chi connectivity index (χ2n) is 10.4. The molecule has 2 aromatic heterocycles. The van der Waals surface area contributed by atoms with Gasteiger partial charge in [0, 0.05) is 38.4 Å². The van der Waals surface area contributed by atoms with E-state index in [4.69, 9.17) is 0 Å². The van der Waals surface area contributed by atoms with Crippen molar-refractivity contribution >= 4 is 22.4 Å². The first-order valence-corrected chi connectivity index (χ1v) is 13.0. The summed E-state index contributed by atoms with van der Waals surface area (Å²) in [7, 11) is 3.55. The summed E-state index contributed by atoms with van der Waals surface area (Å²) < 4.78 is 15.0. The summed E-state index contributed by atoms with van der Waals surface area (Å²) in [5, 5.41) is 19.3. The predicted molar refractivity (Wildman–Crippen MR) is 142 cm³/mol. The van der Waals surface area contributed by atoms with E-state index in [0.717, 1.165) is 37.9 Å². The van der Waals surface area contributed by atoms with Crippen molar-refractivity contribution in [3.05, 3.63) is 63.8 Å². The molecule has 0 aliphatic heterocycles. The summed E-state index contributed by atoms with van der Waals surface area (Å²) in [6, 6.07) is 14.8. The van der Waals surface area contributed by atoms with Crippen molar-refractivity contribution < 1.29 is 4.39 Å². The number of pyridine rings is 2. The van der Waals surface area contributed by atoms with Crippen molar-refractivity contribution in [2.75, 3.05) is 23.4 Å². The van der Waals surface area contributed by atoms with Gasteiger partial charge in [-0.15, -0.1) is 0 Å². The van der Waals surface area contributed by atoms with E-state index in [1.807, 2.05) is 24.1 Å². The maximum atomic E-state index is 13.6. The molecule has 37 heavy (non-hydrogen) atoms. The molecule has 0 bridgehead atoms. The topological polar surface area (TPSA) is 88.9 Å². The number of aromatic nitrogens is 2. The van der Waals surface area contributed by atoms with E-state index in [2.05, 4.69) is 22.0 Å². The van der Waals surface area contributed by atoms with Crippen LogP contribution in [0.5, 0.6) is 0 Å². The molecule has 0 unspecified atom stereocenters. The van der Waals surface area contributed by atoms with E-state index in [0.29, 0.717) is 28.7 Å². The second-order valence-corrected chi connectivity index (χ2v) is 10.4. The van der Waals surface area contributed by atoms with Crippen molar-refractivity contribution in [3.63, 3.8) is 0 Å². The molecular formula is C29H31FN6O. The highest BCUT2D eigenvalue weighted by Gasteiger charge is 2.32. The van der Waals surface area contributed by atoms with Crippen LogP contribution >= 0.6 is 0 Å². The van der Waals surface area contributed by atoms with E-state index in [9.17, 15) is 19.7 Å². The third kappa shape index (κ3) is 4.64. The monoisotopic (exact) mass is 498 g/mol. The van der Waals surface area contributed by atoms with Crippen molar-refractivity contribution in [2.24, 2.45) is 13.0 Å². The molecule has 2 heterocycles. The van der Waals surface area contributed by atoms with Gasteiger partial charge in [-0.2, -0.15) is 10.5 Å². The number of halogens is 1. The first-order valence-electron chi connectivity index (χ1n) is 13.0. The zero-order valence-electron chi connectivity index (χ0n) is 21.3. The third-order valence-corrected chi connectivity index (χ3v) is 8.29. The van der Waals surface area contributed by atoms with Gasteiger partial charge in [0.15, 0.2) is 0 Å². The second kappa shape index (κ2) is 10.2. The molecule has 1 aromatic carbocycles. The van der Waals surface area contributed by atoms with Gasteiger partial charge in [-0.05, 0) is 80.8 Å². The van der Waals surface area contributed by atoms with Gasteiger partial charge in [0.1, 0.15) is 34.7 Å². The summed E-state index contributed by atoms with van der Waals surface area (Å²) in [5.74, 6) is 0.469. The normalized spacial score (nSPS) is 19.6. The average molecular weight is 499 g/mol. The Balaban J connectivity index is 1.42. The Kier molecular flexibility index (Phi) is 6.84. The van der Waals surface area contributed by atoms with Crippen molar-refractivity contribution in [1.29, 1.82) is 10.5 Å². The summed E-state index contributed by atoms with van der Waals surface area (Å²) >= 11 is 0. The highest BCUT2D eigenvalue weighted by molar-refractivity contribution is 5.92. The van der Waals surface area contributed by atoms with E-state index in [1.165, 1.54) is 36.0 Å². The van der Waals surface area contributed by atoms with E-state index < -0.39 is 0 Å². The molecule has 0 atom stereocenters. The summed E-state index contributed by atoms with van der Waals surface area (Å²) in [4.78, 5) is 22.0. The fraction of sp³-hybridized carbons (Fsp3) is 0.448. The van der Waals surface area contributed by atoms with Crippen LogP contribution in [0.3, 0.4) is 0 Å². The van der Waals surface area contributed by atoms with Crippen LogP contribution in [0.15, 0.2) is 41.2 Å². The SMILES string of the molecule is Cn1c(=O)c(C#N)c(N(C)[C@H]2CC[C@@H](N(CC3CCC3)c3ccc(F)cc3)CC2)c2nc(C#N)ccc21. The largest absolute Gasteiger partial charge is 0.369 e. The third-order valence-electron chi connectivity index (χ3n) is 8.29. The summed E-state index contributed by atoms with van der Waals surface area (Å²) in [6.07, 6.45) is 7.49. The average Bonchev–Trinajstić information content (AvgIpc) is 2.90. The Morgan fingerprint density at radius 1 is 1.00 bits per heavy atom. The predicted octanol–water partition coefficient (Wildman–Crippen LogP) is 4.87. The van der Waals surface area contributed by atoms with Crippen LogP contribution < -0.4 is 15.4 Å². The van der Waals surface area contributed by atoms with Gasteiger partial charge >= 0.3 is 0 Å². The fourth-order valence-corrected chi connectivity index (χ4v) is 5.89. The molecule has 0 radical (unpaired) electrons. The lowest BCUT2D eigenvalue weighted by molar-refractivity contribution is 0.291. The van der Waals surface area contributed by atoms with Gasteiger partial charge in [-0.25, -0.2) is 9.37 Å². The van der Waals surface area contributed by atoms with Crippen LogP contribution in [0, 0.1) is 34.4 Å². The summed E-state index contributed by atoms with van der Waals surface area (Å²) in [6.45, 7) is 0.996. The number of nitriles is 2. The number of hydrogen-bond donors (Lipinski definition) is 0. The van der Waals surface area contributed by atoms with Crippen LogP contribution in [0.1, 0.15) is 56.2 Å². The van der Waals surface area contributed by atoms with Gasteiger partial charge in [0.25, 0.3) is 5.56 Å². The van der Waals surface area contributed by atoms with Crippen molar-refractivity contribution in [1.82, 2.24) is 9.55 Å². The highest BCUT2D eigenvalue weighted by atomic mass is 19.1. The molecule has 0 spiro atoms. The minimum absolute atomic E-state index is 0.0557. The number of hydrogen-bond acceptors (Lipinski definition) is 6. The molecule has 8 heteroatoms. The lowest BCUT2D eigenvalue weighted by atomic mass is 9.83. The zero-order valence-corrected chi connectivity index (χ0v) is 21.3. The Hall–Kier alpha value is -3.91. The molecule has 190 valence electrons. The molecule has 2 fully saturated rings. The van der Waals surface area contributed by atoms with Gasteiger partial charge in [0.05, 0.1) is 11.2 Å². The number of anilines is 2. The minimum Gasteiger partial charge on any atom is -0.369 e. The van der Waals surface area contributed by atoms with E-state index >= 15 is 0 Å². The Morgan fingerprint density at radius 3 is 2.27 bits per heavy atom. The molecule has 2 aliphatic carbocycles. The molecule has 0 amide bonds. The molecular weight excluding hydrogens is 467 g/mol. The lowest BCUT2D eigenvalue weighted by Crippen LogP contribution is -2.46. The Labute approximate surface area is 216 Å². The molecule has 3 aromatic rings. The van der Waals surface area contributed by atoms with Gasteiger partial charge < -0.3 is 14.4 Å². The van der Waals surface area contributed by atoms with Crippen LogP contribution in [-0.2, 0) is 7.05 Å². The molecule has 2 saturated carbocycles. The fourth-order valence-electron chi connectivity index (χ4n) is 5.89. The number of rotatable bonds is 6. The molecule has 0 saturated heterocycles. The zero-order chi connectivity index (χ0) is 26.1. The van der Waals surface area contributed by atoms with E-state index in [1.54, 1.807) is 19.2 Å². The highest BCUT2D eigenvalue weighted by Crippen LogP contribution is 2.36. The summed E-state index contributed by atoms with van der Waals surface area (Å²) in [5.41, 5.74) is 2.62. The molecule has 7 nitrogen and oxygen atoms in total. The van der Waals surface area contributed by atoms with Crippen LogP contribution in [-0.4, -0.2) is 35.2 Å². The molecule has 5 rings (SSSR count). The number of nitrogens with zero attached hydrogens (tertiary/aromatic N) is 6. The first kappa shape index (κ1) is 24.8. The number of fused-ring (bicyclic) bond motifs is 1. The van der Waals surface area contributed by atoms with Gasteiger partial charge in [-0.1, -0.05) is 6.42 Å². The van der Waals surface area contributed by atoms with Crippen LogP contribution in [0.25, 0.3) is 11.0 Å². The van der Waals surface area contributed by atoms with Gasteiger partial charge in [-0.3, -0.25) is 4.79 Å². The first-order chi connectivity index (χ1) is 17.9. The minimum atomic E-state index is -0.361. The Morgan fingerprint density at radius 2 is 1.68 bits per heavy atom. The van der Waals surface area contributed by atoms with Crippen LogP contribution in [0.4, 0.5) is 15.8 Å².